The number of anilines is 5. The smallest absolute Gasteiger partial charge is 0.410 e. The van der Waals surface area contributed by atoms with Gasteiger partial charge in [0.05, 0.1) is 5.54 Å². The van der Waals surface area contributed by atoms with Crippen LogP contribution >= 0.6 is 0 Å². The van der Waals surface area contributed by atoms with Gasteiger partial charge < -0.3 is 34.9 Å². The second-order valence-electron chi connectivity index (χ2n) is 13.9. The zero-order valence-electron chi connectivity index (χ0n) is 28.7. The molecule has 50 heavy (non-hydrogen) atoms. The van der Waals surface area contributed by atoms with Crippen molar-refractivity contribution < 1.29 is 23.9 Å². The van der Waals surface area contributed by atoms with Crippen LogP contribution < -0.4 is 25.6 Å². The van der Waals surface area contributed by atoms with Crippen LogP contribution in [0.4, 0.5) is 33.9 Å². The van der Waals surface area contributed by atoms with E-state index in [9.17, 15) is 14.4 Å². The Kier molecular flexibility index (Phi) is 8.54. The van der Waals surface area contributed by atoms with E-state index < -0.39 is 5.60 Å². The molecule has 3 aromatic heterocycles. The van der Waals surface area contributed by atoms with E-state index in [1.54, 1.807) is 21.9 Å². The summed E-state index contributed by atoms with van der Waals surface area (Å²) in [6.45, 7) is 7.07. The van der Waals surface area contributed by atoms with Crippen LogP contribution in [0.1, 0.15) is 56.8 Å². The van der Waals surface area contributed by atoms with Crippen molar-refractivity contribution in [2.24, 2.45) is 0 Å². The molecule has 0 spiro atoms. The molecule has 1 fully saturated rings. The van der Waals surface area contributed by atoms with Crippen LogP contribution in [0.15, 0.2) is 60.9 Å². The highest BCUT2D eigenvalue weighted by Gasteiger charge is 2.50. The van der Waals surface area contributed by atoms with Gasteiger partial charge in [-0.1, -0.05) is 12.2 Å². The number of nitrogens with zero attached hydrogens (tertiary/aromatic N) is 6. The number of ether oxygens (including phenoxy) is 2. The van der Waals surface area contributed by atoms with Gasteiger partial charge in [0.2, 0.25) is 5.95 Å². The van der Waals surface area contributed by atoms with E-state index in [0.29, 0.717) is 37.0 Å². The lowest BCUT2D eigenvalue weighted by atomic mass is 10.2. The number of hydrogen-bond acceptors (Lipinski definition) is 10. The summed E-state index contributed by atoms with van der Waals surface area (Å²) in [5, 5.41) is 10.3. The lowest BCUT2D eigenvalue weighted by Crippen LogP contribution is -2.44. The summed E-state index contributed by atoms with van der Waals surface area (Å²) in [7, 11) is 1.81. The molecule has 14 heteroatoms. The Bertz CT molecular complexity index is 2000. The Balaban J connectivity index is 1.13. The van der Waals surface area contributed by atoms with Crippen molar-refractivity contribution >= 4 is 57.9 Å². The molecule has 5 heterocycles. The Morgan fingerprint density at radius 1 is 1.12 bits per heavy atom. The van der Waals surface area contributed by atoms with Gasteiger partial charge in [-0.25, -0.2) is 14.8 Å². The zero-order chi connectivity index (χ0) is 35.0. The lowest BCUT2D eigenvalue weighted by Gasteiger charge is -2.31. The fraction of sp³-hybridized carbons (Fsp3) is 0.389. The molecule has 3 amide bonds. The molecule has 2 aliphatic heterocycles. The number of benzene rings is 1. The minimum Gasteiger partial charge on any atom is -0.480 e. The fourth-order valence-corrected chi connectivity index (χ4v) is 6.15. The highest BCUT2D eigenvalue weighted by atomic mass is 16.6. The van der Waals surface area contributed by atoms with E-state index in [1.807, 2.05) is 70.4 Å². The maximum absolute atomic E-state index is 13.2. The van der Waals surface area contributed by atoms with Crippen molar-refractivity contribution in [1.82, 2.24) is 29.7 Å². The molecule has 2 bridgehead atoms. The quantitative estimate of drug-likeness (QED) is 0.230. The van der Waals surface area contributed by atoms with Gasteiger partial charge in [-0.05, 0) is 82.9 Å². The summed E-state index contributed by atoms with van der Waals surface area (Å²) in [6, 6.07) is 11.5. The second-order valence-corrected chi connectivity index (χ2v) is 13.9. The van der Waals surface area contributed by atoms with Crippen molar-refractivity contribution in [1.29, 1.82) is 0 Å². The van der Waals surface area contributed by atoms with E-state index in [1.165, 1.54) is 6.20 Å². The summed E-state index contributed by atoms with van der Waals surface area (Å²) >= 11 is 0. The van der Waals surface area contributed by atoms with E-state index in [-0.39, 0.29) is 47.4 Å². The Morgan fingerprint density at radius 3 is 2.76 bits per heavy atom. The van der Waals surface area contributed by atoms with E-state index in [4.69, 9.17) is 9.47 Å². The predicted molar refractivity (Wildman–Crippen MR) is 189 cm³/mol. The molecular formula is C36H41N9O5. The molecule has 14 nitrogen and oxygen atoms in total. The number of amides is 3. The van der Waals surface area contributed by atoms with Crippen LogP contribution in [-0.2, 0) is 16.1 Å². The number of pyridine rings is 1. The van der Waals surface area contributed by atoms with Gasteiger partial charge in [-0.3, -0.25) is 14.5 Å². The van der Waals surface area contributed by atoms with Gasteiger partial charge in [0, 0.05) is 55.7 Å². The molecule has 1 saturated carbocycles. The Morgan fingerprint density at radius 2 is 1.96 bits per heavy atom. The second kappa shape index (κ2) is 13.0. The number of nitrogens with one attached hydrogen (secondary N) is 3. The number of aromatic nitrogens is 4. The maximum atomic E-state index is 13.2. The molecular weight excluding hydrogens is 638 g/mol. The number of carbonyl (C=O) groups excluding carboxylic acids is 3. The minimum atomic E-state index is -0.557. The average molecular weight is 680 g/mol. The summed E-state index contributed by atoms with van der Waals surface area (Å²) in [5.74, 6) is 1.36. The van der Waals surface area contributed by atoms with Crippen molar-refractivity contribution in [2.45, 2.75) is 64.1 Å². The first-order valence-corrected chi connectivity index (χ1v) is 16.8. The largest absolute Gasteiger partial charge is 0.480 e. The number of rotatable bonds is 5. The average Bonchev–Trinajstić information content (AvgIpc) is 3.76. The lowest BCUT2D eigenvalue weighted by molar-refractivity contribution is -0.121. The van der Waals surface area contributed by atoms with Gasteiger partial charge >= 0.3 is 6.09 Å². The third-order valence-corrected chi connectivity index (χ3v) is 9.02. The van der Waals surface area contributed by atoms with E-state index >= 15 is 0 Å². The summed E-state index contributed by atoms with van der Waals surface area (Å²) in [5.41, 5.74) is 1.18. The number of likely N-dealkylation sites (N-methyl/N-ethyl adjacent to an activating group) is 1. The first-order valence-electron chi connectivity index (χ1n) is 16.8. The number of carbonyl (C=O) groups is 3. The molecule has 1 aliphatic carbocycles. The highest BCUT2D eigenvalue weighted by molar-refractivity contribution is 6.00. The molecule has 0 unspecified atom stereocenters. The van der Waals surface area contributed by atoms with Crippen molar-refractivity contribution in [3.8, 4) is 5.75 Å². The van der Waals surface area contributed by atoms with Crippen LogP contribution in [0.5, 0.6) is 5.75 Å². The van der Waals surface area contributed by atoms with Gasteiger partial charge in [-0.2, -0.15) is 4.98 Å². The Labute approximate surface area is 289 Å². The molecule has 3 N–H and O–H groups in total. The predicted octanol–water partition coefficient (Wildman–Crippen LogP) is 5.52. The molecule has 260 valence electrons. The van der Waals surface area contributed by atoms with Crippen LogP contribution in [0, 0.1) is 0 Å². The molecule has 3 aliphatic rings. The standard InChI is InChI=1S/C36H41N9O5/c1-35(2,3)50-34(48)43(4)36(14-15-36)22-44-18-13-23-19-24(9-10-26(23)44)39-33-38-20-25-30(42-33)40-28-12-11-27-31(41-28)45(29(46)21-49-27)17-8-6-5-7-16-37-32(25)47/h5,7,9-13,18-20H,6,8,14-17,21-22H2,1-4H3,(H,37,47)(H2,38,39,40,41,42)/b7-5-. The topological polar surface area (TPSA) is 156 Å². The number of fused-ring (bicyclic) bond motifs is 3. The monoisotopic (exact) mass is 679 g/mol. The third-order valence-electron chi connectivity index (χ3n) is 9.02. The van der Waals surface area contributed by atoms with Gasteiger partial charge in [0.25, 0.3) is 11.8 Å². The maximum Gasteiger partial charge on any atom is 0.410 e. The van der Waals surface area contributed by atoms with Gasteiger partial charge in [-0.15, -0.1) is 0 Å². The first-order chi connectivity index (χ1) is 24.0. The number of hydrogen-bond donors (Lipinski definition) is 3. The minimum absolute atomic E-state index is 0.0382. The van der Waals surface area contributed by atoms with Crippen molar-refractivity contribution in [3.05, 3.63) is 66.5 Å². The summed E-state index contributed by atoms with van der Waals surface area (Å²) in [4.78, 5) is 56.0. The highest BCUT2D eigenvalue weighted by Crippen LogP contribution is 2.44. The molecule has 0 atom stereocenters. The molecule has 0 radical (unpaired) electrons. The van der Waals surface area contributed by atoms with E-state index in [0.717, 1.165) is 42.3 Å². The molecule has 7 rings (SSSR count). The zero-order valence-corrected chi connectivity index (χ0v) is 28.7. The normalized spacial score (nSPS) is 17.6. The van der Waals surface area contributed by atoms with Crippen molar-refractivity contribution in [2.75, 3.05) is 42.3 Å². The third kappa shape index (κ3) is 6.91. The first kappa shape index (κ1) is 32.9. The van der Waals surface area contributed by atoms with Crippen LogP contribution in [0.2, 0.25) is 0 Å². The summed E-state index contributed by atoms with van der Waals surface area (Å²) in [6.07, 6.45) is 10.4. The van der Waals surface area contributed by atoms with Crippen LogP contribution in [-0.4, -0.2) is 80.2 Å². The molecule has 4 aromatic rings. The van der Waals surface area contributed by atoms with Gasteiger partial charge in [0.15, 0.2) is 18.2 Å². The van der Waals surface area contributed by atoms with Crippen LogP contribution in [0.25, 0.3) is 10.9 Å². The molecule has 0 saturated heterocycles. The van der Waals surface area contributed by atoms with Crippen molar-refractivity contribution in [3.63, 3.8) is 0 Å². The SMILES string of the molecule is CN(C(=O)OC(C)(C)C)C1(Cn2ccc3cc(Nc4ncc5c(n4)Nc4ccc6c(n4)N(CCC/C=C\CNC5=O)C(=O)CO6)ccc32)CC1. The fourth-order valence-electron chi connectivity index (χ4n) is 6.15. The Hall–Kier alpha value is -5.66. The van der Waals surface area contributed by atoms with Crippen LogP contribution in [0.3, 0.4) is 0 Å². The van der Waals surface area contributed by atoms with E-state index in [2.05, 4.69) is 35.5 Å². The summed E-state index contributed by atoms with van der Waals surface area (Å²) < 4.78 is 13.4. The molecule has 1 aromatic carbocycles. The van der Waals surface area contributed by atoms with Gasteiger partial charge in [0.1, 0.15) is 22.8 Å². The number of allylic oxidation sites excluding steroid dienone is 1.